The number of carbonyl (C=O) groups is 4. The van der Waals surface area contributed by atoms with Crippen LogP contribution in [0.25, 0.3) is 0 Å². The van der Waals surface area contributed by atoms with Gasteiger partial charge in [-0.25, -0.2) is 0 Å². The molecule has 10 heteroatoms. The summed E-state index contributed by atoms with van der Waals surface area (Å²) in [5, 5.41) is 10.2. The first-order chi connectivity index (χ1) is 16.3. The van der Waals surface area contributed by atoms with E-state index in [9.17, 15) is 19.2 Å². The van der Waals surface area contributed by atoms with Gasteiger partial charge in [-0.1, -0.05) is 36.0 Å². The zero-order chi connectivity index (χ0) is 24.5. The molecule has 0 radical (unpaired) electrons. The highest BCUT2D eigenvalue weighted by Gasteiger charge is 2.31. The molecule has 180 valence electrons. The van der Waals surface area contributed by atoms with E-state index in [1.165, 1.54) is 0 Å². The van der Waals surface area contributed by atoms with E-state index in [4.69, 9.17) is 19.3 Å². The molecular formula is C24H25NO8S. The van der Waals surface area contributed by atoms with Crippen molar-refractivity contribution in [2.24, 2.45) is 0 Å². The average Bonchev–Trinajstić information content (AvgIpc) is 3.14. The van der Waals surface area contributed by atoms with Gasteiger partial charge in [0.05, 0.1) is 37.7 Å². The van der Waals surface area contributed by atoms with Gasteiger partial charge < -0.3 is 19.3 Å². The predicted molar refractivity (Wildman–Crippen MR) is 124 cm³/mol. The van der Waals surface area contributed by atoms with Crippen molar-refractivity contribution in [2.45, 2.75) is 30.4 Å². The number of aliphatic carboxylic acids is 1. The number of hydrogen-bond acceptors (Lipinski definition) is 8. The van der Waals surface area contributed by atoms with Crippen molar-refractivity contribution in [2.75, 3.05) is 20.3 Å². The van der Waals surface area contributed by atoms with Crippen molar-refractivity contribution in [1.82, 2.24) is 5.32 Å². The summed E-state index contributed by atoms with van der Waals surface area (Å²) in [6, 6.07) is 14.5. The van der Waals surface area contributed by atoms with Gasteiger partial charge >= 0.3 is 11.9 Å². The summed E-state index contributed by atoms with van der Waals surface area (Å²) in [7, 11) is 1.56. The molecule has 1 fully saturated rings. The molecule has 2 aromatic carbocycles. The van der Waals surface area contributed by atoms with Crippen LogP contribution in [-0.2, 0) is 25.5 Å². The number of carboxylic acids is 1. The van der Waals surface area contributed by atoms with Gasteiger partial charge in [-0.05, 0) is 41.8 Å². The molecule has 1 heterocycles. The summed E-state index contributed by atoms with van der Waals surface area (Å²) in [6.45, 7) is 0.222. The molecule has 1 unspecified atom stereocenters. The Labute approximate surface area is 200 Å². The second kappa shape index (κ2) is 12.1. The van der Waals surface area contributed by atoms with Crippen molar-refractivity contribution in [1.29, 1.82) is 0 Å². The highest BCUT2D eigenvalue weighted by Crippen LogP contribution is 2.26. The normalized spacial score (nSPS) is 16.0. The van der Waals surface area contributed by atoms with E-state index >= 15 is 0 Å². The first-order valence-electron chi connectivity index (χ1n) is 10.6. The third-order valence-corrected chi connectivity index (χ3v) is 6.10. The third kappa shape index (κ3) is 7.51. The Bertz CT molecular complexity index is 1040. The molecule has 1 aliphatic rings. The quantitative estimate of drug-likeness (QED) is 0.434. The van der Waals surface area contributed by atoms with Gasteiger partial charge in [0.1, 0.15) is 18.1 Å². The average molecular weight is 488 g/mol. The van der Waals surface area contributed by atoms with E-state index in [2.05, 4.69) is 5.32 Å². The molecule has 2 N–H and O–H groups in total. The molecule has 0 spiro atoms. The lowest BCUT2D eigenvalue weighted by atomic mass is 10.0. The molecular weight excluding hydrogens is 462 g/mol. The number of nitrogens with one attached hydrogen (secondary N) is 1. The fourth-order valence-corrected chi connectivity index (χ4v) is 4.13. The third-order valence-electron chi connectivity index (χ3n) is 5.12. The van der Waals surface area contributed by atoms with Crippen LogP contribution in [0.1, 0.15) is 29.9 Å². The van der Waals surface area contributed by atoms with E-state index in [0.717, 1.165) is 22.9 Å². The molecule has 0 saturated carbocycles. The van der Waals surface area contributed by atoms with Crippen molar-refractivity contribution in [3.05, 3.63) is 59.7 Å². The summed E-state index contributed by atoms with van der Waals surface area (Å²) in [5.74, 6) is -1.01. The van der Waals surface area contributed by atoms with E-state index in [0.29, 0.717) is 17.9 Å². The van der Waals surface area contributed by atoms with Gasteiger partial charge in [0.15, 0.2) is 0 Å². The smallest absolute Gasteiger partial charge is 0.306 e. The van der Waals surface area contributed by atoms with Crippen LogP contribution < -0.4 is 14.8 Å². The number of hydrogen-bond donors (Lipinski definition) is 2. The Balaban J connectivity index is 1.61. The van der Waals surface area contributed by atoms with Gasteiger partial charge in [-0.2, -0.15) is 0 Å². The lowest BCUT2D eigenvalue weighted by Crippen LogP contribution is -2.25. The van der Waals surface area contributed by atoms with Gasteiger partial charge in [-0.3, -0.25) is 24.5 Å². The summed E-state index contributed by atoms with van der Waals surface area (Å²) in [5.41, 5.74) is 1.74. The molecule has 1 saturated heterocycles. The second-order valence-electron chi connectivity index (χ2n) is 7.59. The minimum absolute atomic E-state index is 0.0196. The first-order valence-corrected chi connectivity index (χ1v) is 11.5. The van der Waals surface area contributed by atoms with Crippen molar-refractivity contribution >= 4 is 34.8 Å². The van der Waals surface area contributed by atoms with Crippen LogP contribution >= 0.6 is 11.8 Å². The summed E-state index contributed by atoms with van der Waals surface area (Å²) in [6.07, 6.45) is -0.0622. The minimum atomic E-state index is -1.06. The SMILES string of the molecule is COc1cccc([C@H](COC(=O)CCC(=O)O)COc2ccc(CC3SC(=O)NC3=O)cc2)c1. The van der Waals surface area contributed by atoms with Crippen molar-refractivity contribution < 1.29 is 38.5 Å². The summed E-state index contributed by atoms with van der Waals surface area (Å²) < 4.78 is 16.5. The molecule has 0 bridgehead atoms. The molecule has 3 rings (SSSR count). The number of carbonyl (C=O) groups excluding carboxylic acids is 3. The van der Waals surface area contributed by atoms with E-state index in [1.54, 1.807) is 25.3 Å². The van der Waals surface area contributed by atoms with Crippen LogP contribution in [0.4, 0.5) is 4.79 Å². The van der Waals surface area contributed by atoms with Crippen molar-refractivity contribution in [3.63, 3.8) is 0 Å². The molecule has 1 aliphatic heterocycles. The Kier molecular flexibility index (Phi) is 8.92. The zero-order valence-electron chi connectivity index (χ0n) is 18.5. The molecule has 2 amide bonds. The van der Waals surface area contributed by atoms with Crippen LogP contribution in [0.15, 0.2) is 48.5 Å². The number of amides is 2. The zero-order valence-corrected chi connectivity index (χ0v) is 19.3. The van der Waals surface area contributed by atoms with Crippen LogP contribution in [0, 0.1) is 0 Å². The first kappa shape index (κ1) is 25.1. The predicted octanol–water partition coefficient (Wildman–Crippen LogP) is 3.16. The number of esters is 1. The molecule has 0 aliphatic carbocycles. The monoisotopic (exact) mass is 487 g/mol. The van der Waals surface area contributed by atoms with Crippen LogP contribution in [-0.4, -0.2) is 53.8 Å². The fourth-order valence-electron chi connectivity index (χ4n) is 3.27. The van der Waals surface area contributed by atoms with Crippen LogP contribution in [0.2, 0.25) is 0 Å². The van der Waals surface area contributed by atoms with Gasteiger partial charge in [-0.15, -0.1) is 0 Å². The maximum Gasteiger partial charge on any atom is 0.306 e. The number of thioether (sulfide) groups is 1. The number of carboxylic acid groups (broad SMARTS) is 1. The van der Waals surface area contributed by atoms with Gasteiger partial charge in [0.2, 0.25) is 5.91 Å². The molecule has 9 nitrogen and oxygen atoms in total. The number of imide groups is 1. The lowest BCUT2D eigenvalue weighted by Gasteiger charge is -2.19. The molecule has 2 aromatic rings. The van der Waals surface area contributed by atoms with E-state index < -0.39 is 17.2 Å². The van der Waals surface area contributed by atoms with E-state index in [-0.39, 0.29) is 43.1 Å². The minimum Gasteiger partial charge on any atom is -0.497 e. The van der Waals surface area contributed by atoms with Crippen LogP contribution in [0.3, 0.4) is 0 Å². The van der Waals surface area contributed by atoms with E-state index in [1.807, 2.05) is 30.3 Å². The Morgan fingerprint density at radius 3 is 2.47 bits per heavy atom. The Hall–Kier alpha value is -3.53. The van der Waals surface area contributed by atoms with Gasteiger partial charge in [0.25, 0.3) is 5.24 Å². The molecule has 34 heavy (non-hydrogen) atoms. The topological polar surface area (TPSA) is 128 Å². The van der Waals surface area contributed by atoms with Gasteiger partial charge in [0, 0.05) is 0 Å². The fraction of sp³-hybridized carbons (Fsp3) is 0.333. The van der Waals surface area contributed by atoms with Crippen molar-refractivity contribution in [3.8, 4) is 11.5 Å². The maximum absolute atomic E-state index is 11.9. The lowest BCUT2D eigenvalue weighted by molar-refractivity contribution is -0.148. The highest BCUT2D eigenvalue weighted by molar-refractivity contribution is 8.15. The Morgan fingerprint density at radius 1 is 1.06 bits per heavy atom. The number of ether oxygens (including phenoxy) is 3. The number of rotatable bonds is 12. The largest absolute Gasteiger partial charge is 0.497 e. The second-order valence-corrected chi connectivity index (χ2v) is 8.77. The highest BCUT2D eigenvalue weighted by atomic mass is 32.2. The Morgan fingerprint density at radius 2 is 1.82 bits per heavy atom. The molecule has 2 atom stereocenters. The molecule has 0 aromatic heterocycles. The summed E-state index contributed by atoms with van der Waals surface area (Å²) >= 11 is 0.985. The maximum atomic E-state index is 11.9. The van der Waals surface area contributed by atoms with Crippen LogP contribution in [0.5, 0.6) is 11.5 Å². The number of methoxy groups -OCH3 is 1. The summed E-state index contributed by atoms with van der Waals surface area (Å²) in [4.78, 5) is 45.6. The standard InChI is InChI=1S/C24H25NO8S/c1-31-19-4-2-3-16(12-19)17(14-33-22(28)10-9-21(26)27)13-32-18-7-5-15(6-8-18)11-20-23(29)25-24(30)34-20/h2-8,12,17,20H,9-11,13-14H2,1H3,(H,26,27)(H,25,29,30)/t17-,20?/m0/s1. The number of benzene rings is 2.